The molecule has 5 aliphatic rings. The van der Waals surface area contributed by atoms with Gasteiger partial charge in [0.25, 0.3) is 0 Å². The van der Waals surface area contributed by atoms with Gasteiger partial charge < -0.3 is 25.5 Å². The van der Waals surface area contributed by atoms with E-state index in [4.69, 9.17) is 4.42 Å². The molecule has 1 aromatic heterocycles. The average Bonchev–Trinajstić information content (AvgIpc) is 3.20. The number of urea groups is 1. The standard InChI is InChI=1S/C31H46N4O5/c1-29-10-7-22(34-28(38)33-14-16-35-15-13-32-26(36)18-35)17-21(29)4-5-25-24(29)8-11-30(2)23(9-12-31(25,30)39)20-3-6-27(37)40-19-20/h3,6,19,21-25,39H,4-5,7-18H2,1-2H3,(H,32,36)(H2,33,34,38)/t21-,22+,23-,24+,25-,29+,30-,31+/m1/s1. The van der Waals surface area contributed by atoms with Crippen LogP contribution >= 0.6 is 0 Å². The second-order valence-electron chi connectivity index (χ2n) is 13.9. The summed E-state index contributed by atoms with van der Waals surface area (Å²) in [4.78, 5) is 37.9. The zero-order valence-electron chi connectivity index (χ0n) is 24.0. The van der Waals surface area contributed by atoms with E-state index in [1.54, 1.807) is 6.26 Å². The molecule has 4 aliphatic carbocycles. The van der Waals surface area contributed by atoms with Crippen molar-refractivity contribution < 1.29 is 19.1 Å². The number of hydrogen-bond donors (Lipinski definition) is 4. The van der Waals surface area contributed by atoms with E-state index >= 15 is 0 Å². The third kappa shape index (κ3) is 4.67. The lowest BCUT2D eigenvalue weighted by Crippen LogP contribution is -2.62. The average molecular weight is 555 g/mol. The fourth-order valence-electron chi connectivity index (χ4n) is 9.90. The Balaban J connectivity index is 1.06. The summed E-state index contributed by atoms with van der Waals surface area (Å²) in [5.74, 6) is 1.59. The minimum Gasteiger partial charge on any atom is -0.431 e. The Morgan fingerprint density at radius 3 is 2.73 bits per heavy atom. The first-order valence-corrected chi connectivity index (χ1v) is 15.5. The van der Waals surface area contributed by atoms with Crippen molar-refractivity contribution in [3.05, 3.63) is 34.4 Å². The summed E-state index contributed by atoms with van der Waals surface area (Å²) >= 11 is 0. The Morgan fingerprint density at radius 2 is 1.95 bits per heavy atom. The van der Waals surface area contributed by atoms with Crippen LogP contribution in [0.15, 0.2) is 27.6 Å². The SMILES string of the molecule is C[C@]12CC[C@H](NC(=O)NCCN3CCNC(=O)C3)C[C@H]1CC[C@@H]1[C@@H]2CC[C@]2(C)[C@@H](c3ccc(=O)oc3)CC[C@]12O. The van der Waals surface area contributed by atoms with E-state index in [9.17, 15) is 19.5 Å². The van der Waals surface area contributed by atoms with Gasteiger partial charge >= 0.3 is 11.7 Å². The smallest absolute Gasteiger partial charge is 0.335 e. The number of aliphatic hydroxyl groups is 1. The molecule has 4 saturated carbocycles. The van der Waals surface area contributed by atoms with Gasteiger partial charge in [-0.15, -0.1) is 0 Å². The highest BCUT2D eigenvalue weighted by Crippen LogP contribution is 2.70. The quantitative estimate of drug-likeness (QED) is 0.444. The van der Waals surface area contributed by atoms with Crippen molar-refractivity contribution in [2.75, 3.05) is 32.7 Å². The number of carbonyl (C=O) groups is 2. The van der Waals surface area contributed by atoms with E-state index in [1.807, 2.05) is 6.07 Å². The third-order valence-corrected chi connectivity index (χ3v) is 12.1. The topological polar surface area (TPSA) is 124 Å². The second-order valence-corrected chi connectivity index (χ2v) is 13.9. The van der Waals surface area contributed by atoms with Crippen LogP contribution in [0, 0.1) is 28.6 Å². The largest absolute Gasteiger partial charge is 0.431 e. The van der Waals surface area contributed by atoms with Gasteiger partial charge in [-0.25, -0.2) is 9.59 Å². The Bertz CT molecular complexity index is 1170. The second kappa shape index (κ2) is 10.5. The van der Waals surface area contributed by atoms with Crippen molar-refractivity contribution in [1.29, 1.82) is 0 Å². The first-order valence-electron chi connectivity index (χ1n) is 15.5. The van der Waals surface area contributed by atoms with E-state index in [1.165, 1.54) is 6.07 Å². The van der Waals surface area contributed by atoms with Gasteiger partial charge in [-0.3, -0.25) is 9.69 Å². The number of nitrogens with zero attached hydrogens (tertiary/aromatic N) is 1. The minimum absolute atomic E-state index is 0.0456. The van der Waals surface area contributed by atoms with E-state index in [2.05, 4.69) is 34.7 Å². The molecule has 9 heteroatoms. The zero-order chi connectivity index (χ0) is 28.1. The summed E-state index contributed by atoms with van der Waals surface area (Å²) < 4.78 is 5.22. The lowest BCUT2D eigenvalue weighted by molar-refractivity contribution is -0.201. The van der Waals surface area contributed by atoms with Crippen LogP contribution in [0.5, 0.6) is 0 Å². The lowest BCUT2D eigenvalue weighted by Gasteiger charge is -2.63. The molecule has 0 spiro atoms. The normalized spacial score (nSPS) is 41.3. The Kier molecular flexibility index (Phi) is 7.26. The molecule has 4 N–H and O–H groups in total. The van der Waals surface area contributed by atoms with Crippen LogP contribution in [-0.4, -0.2) is 66.3 Å². The zero-order valence-corrected chi connectivity index (χ0v) is 24.0. The van der Waals surface area contributed by atoms with Crippen molar-refractivity contribution >= 4 is 11.9 Å². The Labute approximate surface area is 236 Å². The number of amides is 3. The van der Waals surface area contributed by atoms with Crippen LogP contribution in [0.4, 0.5) is 4.79 Å². The maximum absolute atomic E-state index is 12.7. The molecule has 8 atom stereocenters. The Morgan fingerprint density at radius 1 is 1.10 bits per heavy atom. The fourth-order valence-corrected chi connectivity index (χ4v) is 9.90. The van der Waals surface area contributed by atoms with Gasteiger partial charge in [0.05, 0.1) is 18.4 Å². The molecule has 220 valence electrons. The van der Waals surface area contributed by atoms with Crippen molar-refractivity contribution in [3.8, 4) is 0 Å². The van der Waals surface area contributed by atoms with Gasteiger partial charge in [0.15, 0.2) is 0 Å². The molecule has 0 unspecified atom stereocenters. The maximum atomic E-state index is 12.7. The fraction of sp³-hybridized carbons (Fsp3) is 0.774. The maximum Gasteiger partial charge on any atom is 0.335 e. The van der Waals surface area contributed by atoms with Gasteiger partial charge in [-0.2, -0.15) is 0 Å². The summed E-state index contributed by atoms with van der Waals surface area (Å²) in [6.45, 7) is 7.83. The van der Waals surface area contributed by atoms with Crippen LogP contribution in [0.25, 0.3) is 0 Å². The molecule has 0 radical (unpaired) electrons. The molecule has 1 aliphatic heterocycles. The number of rotatable bonds is 5. The summed E-state index contributed by atoms with van der Waals surface area (Å²) in [6, 6.07) is 3.47. The highest BCUT2D eigenvalue weighted by Gasteiger charge is 2.67. The van der Waals surface area contributed by atoms with Crippen molar-refractivity contribution in [2.24, 2.45) is 28.6 Å². The number of fused-ring (bicyclic) bond motifs is 5. The predicted molar refractivity (Wildman–Crippen MR) is 151 cm³/mol. The number of carbonyl (C=O) groups excluding carboxylic acids is 2. The minimum atomic E-state index is -0.700. The van der Waals surface area contributed by atoms with E-state index in [0.717, 1.165) is 69.9 Å². The molecule has 5 fully saturated rings. The highest BCUT2D eigenvalue weighted by molar-refractivity contribution is 5.78. The summed E-state index contributed by atoms with van der Waals surface area (Å²) in [5.41, 5.74) is -0.0164. The Hall–Kier alpha value is -2.39. The third-order valence-electron chi connectivity index (χ3n) is 12.1. The van der Waals surface area contributed by atoms with Gasteiger partial charge in [-0.05, 0) is 98.5 Å². The first-order chi connectivity index (χ1) is 19.1. The van der Waals surface area contributed by atoms with Crippen LogP contribution in [-0.2, 0) is 4.79 Å². The van der Waals surface area contributed by atoms with Crippen LogP contribution in [0.2, 0.25) is 0 Å². The number of nitrogens with one attached hydrogen (secondary N) is 3. The molecule has 9 nitrogen and oxygen atoms in total. The van der Waals surface area contributed by atoms with Gasteiger partial charge in [0.1, 0.15) is 0 Å². The van der Waals surface area contributed by atoms with Gasteiger partial charge in [-0.1, -0.05) is 13.8 Å². The highest BCUT2D eigenvalue weighted by atomic mass is 16.4. The van der Waals surface area contributed by atoms with Gasteiger partial charge in [0, 0.05) is 43.7 Å². The number of hydrogen-bond acceptors (Lipinski definition) is 6. The van der Waals surface area contributed by atoms with Crippen LogP contribution in [0.1, 0.15) is 83.1 Å². The van der Waals surface area contributed by atoms with Gasteiger partial charge in [0.2, 0.25) is 5.91 Å². The lowest BCUT2D eigenvalue weighted by atomic mass is 9.43. The summed E-state index contributed by atoms with van der Waals surface area (Å²) in [7, 11) is 0. The van der Waals surface area contributed by atoms with Crippen LogP contribution in [0.3, 0.4) is 0 Å². The van der Waals surface area contributed by atoms with Crippen molar-refractivity contribution in [1.82, 2.24) is 20.9 Å². The molecule has 2 heterocycles. The molecular weight excluding hydrogens is 508 g/mol. The van der Waals surface area contributed by atoms with Crippen molar-refractivity contribution in [2.45, 2.75) is 89.2 Å². The molecule has 1 aromatic rings. The number of piperazine rings is 1. The summed E-state index contributed by atoms with van der Waals surface area (Å²) in [6.07, 6.45) is 10.6. The summed E-state index contributed by atoms with van der Waals surface area (Å²) in [5, 5.41) is 21.5. The van der Waals surface area contributed by atoms with E-state index < -0.39 is 5.60 Å². The molecule has 0 aromatic carbocycles. The molecular formula is C31H46N4O5. The van der Waals surface area contributed by atoms with E-state index in [-0.39, 0.29) is 46.3 Å². The molecule has 6 rings (SSSR count). The molecule has 1 saturated heterocycles. The monoisotopic (exact) mass is 554 g/mol. The molecule has 40 heavy (non-hydrogen) atoms. The predicted octanol–water partition coefficient (Wildman–Crippen LogP) is 2.98. The molecule has 0 bridgehead atoms. The first kappa shape index (κ1) is 27.8. The molecule has 3 amide bonds. The van der Waals surface area contributed by atoms with E-state index in [0.29, 0.717) is 38.0 Å². The van der Waals surface area contributed by atoms with Crippen molar-refractivity contribution in [3.63, 3.8) is 0 Å². The van der Waals surface area contributed by atoms with Crippen LogP contribution < -0.4 is 21.6 Å².